The molecule has 12 heavy (non-hydrogen) atoms. The maximum absolute atomic E-state index is 10.5. The molecule has 0 unspecified atom stereocenters. The number of benzene rings is 1. The Hall–Kier alpha value is -1.09. The Labute approximate surface area is 82.8 Å². The summed E-state index contributed by atoms with van der Waals surface area (Å²) in [7, 11) is 0. The van der Waals surface area contributed by atoms with Crippen LogP contribution in [0.5, 0.6) is 0 Å². The Morgan fingerprint density at radius 2 is 2.17 bits per heavy atom. The molecule has 1 N–H and O–H groups in total. The molecular formula is C8H4INO2. The van der Waals surface area contributed by atoms with Crippen molar-refractivity contribution in [3.8, 4) is 6.07 Å². The van der Waals surface area contributed by atoms with Crippen LogP contribution in [0.1, 0.15) is 15.9 Å². The van der Waals surface area contributed by atoms with E-state index < -0.39 is 5.97 Å². The van der Waals surface area contributed by atoms with Gasteiger partial charge in [0.05, 0.1) is 17.2 Å². The molecule has 0 bridgehead atoms. The van der Waals surface area contributed by atoms with Gasteiger partial charge in [0.2, 0.25) is 0 Å². The van der Waals surface area contributed by atoms with Gasteiger partial charge in [0, 0.05) is 3.57 Å². The number of carboxylic acids is 1. The van der Waals surface area contributed by atoms with Crippen molar-refractivity contribution in [3.05, 3.63) is 32.9 Å². The third-order valence-electron chi connectivity index (χ3n) is 1.27. The van der Waals surface area contributed by atoms with Crippen LogP contribution in [0.15, 0.2) is 18.2 Å². The van der Waals surface area contributed by atoms with Gasteiger partial charge in [0.15, 0.2) is 0 Å². The first-order valence-electron chi connectivity index (χ1n) is 3.07. The SMILES string of the molecule is N#Cc1cc(I)cc(C(=O)O)c1. The highest BCUT2D eigenvalue weighted by Gasteiger charge is 2.04. The van der Waals surface area contributed by atoms with Gasteiger partial charge in [-0.2, -0.15) is 5.26 Å². The Kier molecular flexibility index (Phi) is 2.65. The maximum atomic E-state index is 10.5. The molecule has 0 saturated heterocycles. The molecule has 0 aliphatic carbocycles. The zero-order valence-electron chi connectivity index (χ0n) is 5.91. The first-order valence-corrected chi connectivity index (χ1v) is 4.15. The quantitative estimate of drug-likeness (QED) is 0.794. The lowest BCUT2D eigenvalue weighted by atomic mass is 10.1. The summed E-state index contributed by atoms with van der Waals surface area (Å²) in [5, 5.41) is 17.1. The fourth-order valence-corrected chi connectivity index (χ4v) is 1.45. The van der Waals surface area contributed by atoms with Crippen LogP contribution < -0.4 is 0 Å². The molecule has 0 radical (unpaired) electrons. The van der Waals surface area contributed by atoms with E-state index in [0.717, 1.165) is 3.57 Å². The molecule has 3 nitrogen and oxygen atoms in total. The molecule has 0 heterocycles. The van der Waals surface area contributed by atoms with E-state index in [1.807, 2.05) is 28.7 Å². The number of nitrogens with zero attached hydrogens (tertiary/aromatic N) is 1. The molecule has 0 spiro atoms. The fourth-order valence-electron chi connectivity index (χ4n) is 0.778. The summed E-state index contributed by atoms with van der Waals surface area (Å²) >= 11 is 1.97. The second kappa shape index (κ2) is 3.54. The summed E-state index contributed by atoms with van der Waals surface area (Å²) in [6, 6.07) is 6.40. The number of aromatic carboxylic acids is 1. The standard InChI is InChI=1S/C8H4INO2/c9-7-2-5(4-10)1-6(3-7)8(11)12/h1-3H,(H,11,12). The minimum absolute atomic E-state index is 0.151. The number of halogens is 1. The summed E-state index contributed by atoms with van der Waals surface area (Å²) in [5.41, 5.74) is 0.526. The van der Waals surface area contributed by atoms with Gasteiger partial charge >= 0.3 is 5.97 Å². The van der Waals surface area contributed by atoms with Gasteiger partial charge in [0.1, 0.15) is 0 Å². The third kappa shape index (κ3) is 1.95. The van der Waals surface area contributed by atoms with Crippen LogP contribution in [0, 0.1) is 14.9 Å². The fraction of sp³-hybridized carbons (Fsp3) is 0. The van der Waals surface area contributed by atoms with Crippen LogP contribution in [0.3, 0.4) is 0 Å². The van der Waals surface area contributed by atoms with Crippen molar-refractivity contribution < 1.29 is 9.90 Å². The van der Waals surface area contributed by atoms with E-state index in [9.17, 15) is 4.79 Å². The number of hydrogen-bond donors (Lipinski definition) is 1. The molecule has 0 fully saturated rings. The van der Waals surface area contributed by atoms with Crippen LogP contribution in [0.2, 0.25) is 0 Å². The molecule has 0 saturated carbocycles. The molecule has 1 aromatic rings. The van der Waals surface area contributed by atoms with Gasteiger partial charge in [-0.3, -0.25) is 0 Å². The van der Waals surface area contributed by atoms with Gasteiger partial charge < -0.3 is 5.11 Å². The highest BCUT2D eigenvalue weighted by Crippen LogP contribution is 2.11. The van der Waals surface area contributed by atoms with E-state index in [2.05, 4.69) is 0 Å². The minimum Gasteiger partial charge on any atom is -0.478 e. The topological polar surface area (TPSA) is 61.1 Å². The van der Waals surface area contributed by atoms with Crippen LogP contribution >= 0.6 is 22.6 Å². The Balaban J connectivity index is 3.26. The van der Waals surface area contributed by atoms with Gasteiger partial charge in [-0.25, -0.2) is 4.79 Å². The van der Waals surface area contributed by atoms with Crippen molar-refractivity contribution in [2.45, 2.75) is 0 Å². The largest absolute Gasteiger partial charge is 0.478 e. The lowest BCUT2D eigenvalue weighted by Crippen LogP contribution is -1.97. The zero-order valence-corrected chi connectivity index (χ0v) is 8.07. The lowest BCUT2D eigenvalue weighted by Gasteiger charge is -1.95. The Bertz CT molecular complexity index is 368. The molecule has 0 aromatic heterocycles. The van der Waals surface area contributed by atoms with E-state index in [-0.39, 0.29) is 5.56 Å². The maximum Gasteiger partial charge on any atom is 0.335 e. The number of carboxylic acid groups (broad SMARTS) is 1. The van der Waals surface area contributed by atoms with Crippen molar-refractivity contribution in [2.24, 2.45) is 0 Å². The third-order valence-corrected chi connectivity index (χ3v) is 1.90. The summed E-state index contributed by atoms with van der Waals surface area (Å²) in [6.07, 6.45) is 0. The number of carbonyl (C=O) groups is 1. The number of rotatable bonds is 1. The van der Waals surface area contributed by atoms with Gasteiger partial charge in [-0.15, -0.1) is 0 Å². The van der Waals surface area contributed by atoms with Crippen LogP contribution in [0.4, 0.5) is 0 Å². The predicted octanol–water partition coefficient (Wildman–Crippen LogP) is 1.86. The summed E-state index contributed by atoms with van der Waals surface area (Å²) in [5.74, 6) is -1.01. The van der Waals surface area contributed by atoms with Gasteiger partial charge in [-0.1, -0.05) is 0 Å². The smallest absolute Gasteiger partial charge is 0.335 e. The van der Waals surface area contributed by atoms with Crippen LogP contribution in [-0.2, 0) is 0 Å². The summed E-state index contributed by atoms with van der Waals surface area (Å²) in [6.45, 7) is 0. The van der Waals surface area contributed by atoms with Gasteiger partial charge in [0.25, 0.3) is 0 Å². The van der Waals surface area contributed by atoms with Crippen molar-refractivity contribution >= 4 is 28.6 Å². The zero-order chi connectivity index (χ0) is 9.14. The summed E-state index contributed by atoms with van der Waals surface area (Å²) < 4.78 is 0.754. The molecular weight excluding hydrogens is 269 g/mol. The highest BCUT2D eigenvalue weighted by molar-refractivity contribution is 14.1. The second-order valence-corrected chi connectivity index (χ2v) is 3.39. The average molecular weight is 273 g/mol. The monoisotopic (exact) mass is 273 g/mol. The molecule has 1 aromatic carbocycles. The van der Waals surface area contributed by atoms with E-state index in [1.165, 1.54) is 12.1 Å². The average Bonchev–Trinajstić information content (AvgIpc) is 2.03. The second-order valence-electron chi connectivity index (χ2n) is 2.15. The Morgan fingerprint density at radius 3 is 2.67 bits per heavy atom. The molecule has 0 aliphatic rings. The summed E-state index contributed by atoms with van der Waals surface area (Å²) in [4.78, 5) is 10.5. The highest BCUT2D eigenvalue weighted by atomic mass is 127. The molecule has 0 amide bonds. The molecule has 60 valence electrons. The van der Waals surface area contributed by atoms with Crippen LogP contribution in [0.25, 0.3) is 0 Å². The van der Waals surface area contributed by atoms with E-state index in [4.69, 9.17) is 10.4 Å². The number of hydrogen-bond acceptors (Lipinski definition) is 2. The van der Waals surface area contributed by atoms with Crippen molar-refractivity contribution in [1.29, 1.82) is 5.26 Å². The molecule has 1 rings (SSSR count). The first kappa shape index (κ1) is 9.00. The van der Waals surface area contributed by atoms with E-state index >= 15 is 0 Å². The minimum atomic E-state index is -1.01. The van der Waals surface area contributed by atoms with Crippen molar-refractivity contribution in [3.63, 3.8) is 0 Å². The Morgan fingerprint density at radius 1 is 1.50 bits per heavy atom. The predicted molar refractivity (Wildman–Crippen MR) is 50.8 cm³/mol. The van der Waals surface area contributed by atoms with E-state index in [0.29, 0.717) is 5.56 Å². The normalized spacial score (nSPS) is 9.00. The van der Waals surface area contributed by atoms with E-state index in [1.54, 1.807) is 6.07 Å². The van der Waals surface area contributed by atoms with Crippen molar-refractivity contribution in [1.82, 2.24) is 0 Å². The lowest BCUT2D eigenvalue weighted by molar-refractivity contribution is 0.0697. The first-order chi connectivity index (χ1) is 5.63. The molecule has 4 heteroatoms. The van der Waals surface area contributed by atoms with Gasteiger partial charge in [-0.05, 0) is 40.8 Å². The molecule has 0 atom stereocenters. The van der Waals surface area contributed by atoms with Crippen molar-refractivity contribution in [2.75, 3.05) is 0 Å². The number of nitriles is 1. The molecule has 0 aliphatic heterocycles. The van der Waals surface area contributed by atoms with Crippen LogP contribution in [-0.4, -0.2) is 11.1 Å².